The second-order valence-electron chi connectivity index (χ2n) is 5.43. The van der Waals surface area contributed by atoms with Gasteiger partial charge in [-0.05, 0) is 12.5 Å². The number of methoxy groups -OCH3 is 1. The van der Waals surface area contributed by atoms with Gasteiger partial charge in [0.15, 0.2) is 0 Å². The van der Waals surface area contributed by atoms with Crippen LogP contribution in [-0.4, -0.2) is 16.2 Å². The normalized spacial score (nSPS) is 16.1. The molecule has 1 aliphatic heterocycles. The van der Waals surface area contributed by atoms with Crippen molar-refractivity contribution in [3.8, 4) is 23.6 Å². The zero-order chi connectivity index (χ0) is 17.4. The molecule has 0 bridgehead atoms. The second kappa shape index (κ2) is 6.03. The van der Waals surface area contributed by atoms with Crippen LogP contribution >= 0.6 is 11.6 Å². The number of rotatable bonds is 2. The van der Waals surface area contributed by atoms with E-state index in [-0.39, 0.29) is 34.5 Å². The van der Waals surface area contributed by atoms with Gasteiger partial charge in [-0.3, -0.25) is 4.57 Å². The SMILES string of the molecule is COc1cc(-n2c(C#N)c3n(c2=O)CCC(C#N)C3)c(F)cc1Cl. The first-order valence-corrected chi connectivity index (χ1v) is 7.57. The molecule has 0 saturated carbocycles. The van der Waals surface area contributed by atoms with Crippen molar-refractivity contribution in [1.82, 2.24) is 9.13 Å². The number of hydrogen-bond acceptors (Lipinski definition) is 4. The van der Waals surface area contributed by atoms with Crippen molar-refractivity contribution >= 4 is 11.6 Å². The van der Waals surface area contributed by atoms with E-state index in [4.69, 9.17) is 21.6 Å². The van der Waals surface area contributed by atoms with Crippen molar-refractivity contribution in [1.29, 1.82) is 10.5 Å². The number of nitriles is 2. The van der Waals surface area contributed by atoms with Gasteiger partial charge in [-0.15, -0.1) is 0 Å². The Morgan fingerprint density at radius 3 is 2.79 bits per heavy atom. The molecule has 6 nitrogen and oxygen atoms in total. The average Bonchev–Trinajstić information content (AvgIpc) is 2.86. The molecule has 1 aliphatic rings. The maximum atomic E-state index is 14.4. The quantitative estimate of drug-likeness (QED) is 0.835. The molecule has 1 aromatic carbocycles. The molecule has 1 unspecified atom stereocenters. The summed E-state index contributed by atoms with van der Waals surface area (Å²) in [7, 11) is 1.37. The fourth-order valence-electron chi connectivity index (χ4n) is 2.94. The van der Waals surface area contributed by atoms with Crippen LogP contribution in [0, 0.1) is 34.4 Å². The Balaban J connectivity index is 2.28. The maximum absolute atomic E-state index is 14.4. The summed E-state index contributed by atoms with van der Waals surface area (Å²) < 4.78 is 21.9. The van der Waals surface area contributed by atoms with E-state index in [9.17, 15) is 14.4 Å². The molecular formula is C16H12ClFN4O2. The van der Waals surface area contributed by atoms with E-state index in [1.807, 2.05) is 6.07 Å². The first kappa shape index (κ1) is 16.1. The van der Waals surface area contributed by atoms with E-state index in [1.54, 1.807) is 0 Å². The summed E-state index contributed by atoms with van der Waals surface area (Å²) in [6, 6.07) is 6.44. The molecule has 1 atom stereocenters. The van der Waals surface area contributed by atoms with Crippen molar-refractivity contribution in [2.75, 3.05) is 7.11 Å². The standard InChI is InChI=1S/C16H12ClFN4O2/c1-24-15-6-12(11(18)5-10(15)17)22-14(8-20)13-4-9(7-19)2-3-21(13)16(22)23/h5-6,9H,2-4H2,1H3. The first-order chi connectivity index (χ1) is 11.5. The van der Waals surface area contributed by atoms with E-state index in [1.165, 1.54) is 17.7 Å². The van der Waals surface area contributed by atoms with Gasteiger partial charge in [0.05, 0.1) is 35.5 Å². The van der Waals surface area contributed by atoms with Crippen LogP contribution in [0.15, 0.2) is 16.9 Å². The van der Waals surface area contributed by atoms with Gasteiger partial charge in [0.2, 0.25) is 0 Å². The maximum Gasteiger partial charge on any atom is 0.334 e. The van der Waals surface area contributed by atoms with Crippen molar-refractivity contribution in [3.05, 3.63) is 44.8 Å². The van der Waals surface area contributed by atoms with E-state index < -0.39 is 11.5 Å². The molecule has 0 spiro atoms. The summed E-state index contributed by atoms with van der Waals surface area (Å²) in [4.78, 5) is 12.7. The highest BCUT2D eigenvalue weighted by Crippen LogP contribution is 2.31. The van der Waals surface area contributed by atoms with Gasteiger partial charge in [0.1, 0.15) is 23.3 Å². The van der Waals surface area contributed by atoms with Crippen LogP contribution in [0.25, 0.3) is 5.69 Å². The third-order valence-corrected chi connectivity index (χ3v) is 4.43. The van der Waals surface area contributed by atoms with Crippen LogP contribution in [0.3, 0.4) is 0 Å². The molecule has 2 aromatic rings. The van der Waals surface area contributed by atoms with E-state index in [0.717, 1.165) is 10.6 Å². The number of nitrogens with zero attached hydrogens (tertiary/aromatic N) is 4. The van der Waals surface area contributed by atoms with E-state index in [2.05, 4.69) is 6.07 Å². The lowest BCUT2D eigenvalue weighted by molar-refractivity contribution is 0.413. The summed E-state index contributed by atoms with van der Waals surface area (Å²) in [6.07, 6.45) is 0.804. The lowest BCUT2D eigenvalue weighted by Crippen LogP contribution is -2.28. The van der Waals surface area contributed by atoms with Gasteiger partial charge in [0, 0.05) is 19.0 Å². The van der Waals surface area contributed by atoms with Crippen LogP contribution in [-0.2, 0) is 13.0 Å². The second-order valence-corrected chi connectivity index (χ2v) is 5.84. The Bertz CT molecular complexity index is 964. The summed E-state index contributed by atoms with van der Waals surface area (Å²) in [6.45, 7) is 0.320. The fourth-order valence-corrected chi connectivity index (χ4v) is 3.17. The van der Waals surface area contributed by atoms with Crippen LogP contribution in [0.4, 0.5) is 4.39 Å². The summed E-state index contributed by atoms with van der Waals surface area (Å²) in [5, 5.41) is 18.7. The Hall–Kier alpha value is -2.77. The fraction of sp³-hybridized carbons (Fsp3) is 0.312. The summed E-state index contributed by atoms with van der Waals surface area (Å²) in [5.41, 5.74) is -0.133. The summed E-state index contributed by atoms with van der Waals surface area (Å²) in [5.74, 6) is -0.806. The molecular weight excluding hydrogens is 335 g/mol. The highest BCUT2D eigenvalue weighted by molar-refractivity contribution is 6.32. The molecule has 0 N–H and O–H groups in total. The van der Waals surface area contributed by atoms with Crippen LogP contribution in [0.2, 0.25) is 5.02 Å². The number of aromatic nitrogens is 2. The Labute approximate surface area is 141 Å². The zero-order valence-electron chi connectivity index (χ0n) is 12.7. The number of benzene rings is 1. The summed E-state index contributed by atoms with van der Waals surface area (Å²) >= 11 is 5.88. The average molecular weight is 347 g/mol. The number of ether oxygens (including phenoxy) is 1. The van der Waals surface area contributed by atoms with E-state index >= 15 is 0 Å². The Morgan fingerprint density at radius 2 is 2.17 bits per heavy atom. The first-order valence-electron chi connectivity index (χ1n) is 7.19. The van der Waals surface area contributed by atoms with Gasteiger partial charge in [-0.2, -0.15) is 10.5 Å². The number of halogens is 2. The lowest BCUT2D eigenvalue weighted by Gasteiger charge is -2.17. The monoisotopic (exact) mass is 346 g/mol. The minimum absolute atomic E-state index is 0.0308. The molecule has 0 fully saturated rings. The van der Waals surface area contributed by atoms with Crippen LogP contribution < -0.4 is 10.4 Å². The molecule has 122 valence electrons. The minimum Gasteiger partial charge on any atom is -0.495 e. The minimum atomic E-state index is -0.737. The topological polar surface area (TPSA) is 83.7 Å². The van der Waals surface area contributed by atoms with Crippen molar-refractivity contribution in [2.45, 2.75) is 19.4 Å². The van der Waals surface area contributed by atoms with Gasteiger partial charge < -0.3 is 4.74 Å². The highest BCUT2D eigenvalue weighted by atomic mass is 35.5. The molecule has 2 heterocycles. The van der Waals surface area contributed by atoms with Crippen molar-refractivity contribution in [3.63, 3.8) is 0 Å². The van der Waals surface area contributed by atoms with E-state index in [0.29, 0.717) is 18.7 Å². The molecule has 0 aliphatic carbocycles. The largest absolute Gasteiger partial charge is 0.495 e. The zero-order valence-corrected chi connectivity index (χ0v) is 13.5. The number of hydrogen-bond donors (Lipinski definition) is 0. The highest BCUT2D eigenvalue weighted by Gasteiger charge is 2.29. The van der Waals surface area contributed by atoms with Gasteiger partial charge in [-0.25, -0.2) is 13.8 Å². The predicted molar refractivity (Wildman–Crippen MR) is 83.7 cm³/mol. The molecule has 1 aromatic heterocycles. The van der Waals surface area contributed by atoms with Gasteiger partial charge in [0.25, 0.3) is 0 Å². The van der Waals surface area contributed by atoms with Crippen molar-refractivity contribution < 1.29 is 9.13 Å². The van der Waals surface area contributed by atoms with Crippen molar-refractivity contribution in [2.24, 2.45) is 5.92 Å². The number of fused-ring (bicyclic) bond motifs is 1. The predicted octanol–water partition coefficient (Wildman–Crippen LogP) is 2.40. The smallest absolute Gasteiger partial charge is 0.334 e. The van der Waals surface area contributed by atoms with Gasteiger partial charge >= 0.3 is 5.69 Å². The molecule has 8 heteroatoms. The Kier molecular flexibility index (Phi) is 4.04. The molecule has 24 heavy (non-hydrogen) atoms. The molecule has 3 rings (SSSR count). The van der Waals surface area contributed by atoms with Crippen LogP contribution in [0.5, 0.6) is 5.75 Å². The molecule has 0 radical (unpaired) electrons. The van der Waals surface area contributed by atoms with Crippen LogP contribution in [0.1, 0.15) is 17.8 Å². The lowest BCUT2D eigenvalue weighted by atomic mass is 9.97. The molecule has 0 saturated heterocycles. The molecule has 0 amide bonds. The third kappa shape index (κ3) is 2.34. The van der Waals surface area contributed by atoms with Gasteiger partial charge in [-0.1, -0.05) is 11.6 Å². The third-order valence-electron chi connectivity index (χ3n) is 4.14. The Morgan fingerprint density at radius 1 is 1.42 bits per heavy atom. The number of imidazole rings is 1.